The van der Waals surface area contributed by atoms with Gasteiger partial charge >= 0.3 is 0 Å². The van der Waals surface area contributed by atoms with Crippen LogP contribution in [0.3, 0.4) is 0 Å². The molecule has 1 amide bonds. The molecule has 0 aliphatic carbocycles. The zero-order chi connectivity index (χ0) is 19.3. The van der Waals surface area contributed by atoms with Crippen molar-refractivity contribution >= 4 is 23.0 Å². The van der Waals surface area contributed by atoms with E-state index in [0.29, 0.717) is 0 Å². The summed E-state index contributed by atoms with van der Waals surface area (Å²) in [5, 5.41) is 12.1. The molecule has 2 saturated heterocycles. The van der Waals surface area contributed by atoms with Crippen LogP contribution in [0.5, 0.6) is 0 Å². The number of amides is 1. The molecule has 0 saturated carbocycles. The average Bonchev–Trinajstić information content (AvgIpc) is 3.24. The second kappa shape index (κ2) is 8.36. The second-order valence-corrected chi connectivity index (χ2v) is 7.08. The van der Waals surface area contributed by atoms with E-state index in [-0.39, 0.29) is 11.3 Å². The molecular weight excluding hydrogens is 356 g/mol. The van der Waals surface area contributed by atoms with Crippen LogP contribution < -0.4 is 15.1 Å². The highest BCUT2D eigenvalue weighted by Crippen LogP contribution is 2.33. The molecule has 0 atom stereocenters. The van der Waals surface area contributed by atoms with Gasteiger partial charge in [-0.15, -0.1) is 0 Å². The lowest BCUT2D eigenvalue weighted by Gasteiger charge is -2.33. The van der Waals surface area contributed by atoms with Gasteiger partial charge < -0.3 is 24.3 Å². The van der Waals surface area contributed by atoms with Crippen LogP contribution in [0.2, 0.25) is 0 Å². The van der Waals surface area contributed by atoms with Gasteiger partial charge in [-0.3, -0.25) is 4.79 Å². The number of piperidine rings is 1. The van der Waals surface area contributed by atoms with E-state index in [9.17, 15) is 4.79 Å². The van der Waals surface area contributed by atoms with Crippen molar-refractivity contribution in [1.29, 1.82) is 5.26 Å². The predicted molar refractivity (Wildman–Crippen MR) is 107 cm³/mol. The fourth-order valence-corrected chi connectivity index (χ4v) is 3.79. The van der Waals surface area contributed by atoms with Crippen molar-refractivity contribution in [2.45, 2.75) is 19.3 Å². The molecule has 2 aliphatic heterocycles. The van der Waals surface area contributed by atoms with E-state index in [1.54, 1.807) is 0 Å². The van der Waals surface area contributed by atoms with Crippen LogP contribution in [0.25, 0.3) is 0 Å². The highest BCUT2D eigenvalue weighted by atomic mass is 16.5. The first kappa shape index (κ1) is 18.4. The summed E-state index contributed by atoms with van der Waals surface area (Å²) >= 11 is 0. The number of anilines is 3. The molecule has 0 radical (unpaired) electrons. The summed E-state index contributed by atoms with van der Waals surface area (Å²) in [5.74, 6) is -0.358. The number of nitrogens with one attached hydrogen (secondary N) is 1. The lowest BCUT2D eigenvalue weighted by molar-refractivity contribution is 0.0996. The highest BCUT2D eigenvalue weighted by Gasteiger charge is 2.21. The van der Waals surface area contributed by atoms with E-state index < -0.39 is 5.91 Å². The Kier molecular flexibility index (Phi) is 5.49. The van der Waals surface area contributed by atoms with E-state index in [4.69, 9.17) is 14.4 Å². The quantitative estimate of drug-likeness (QED) is 0.877. The Bertz CT molecular complexity index is 874. The third-order valence-corrected chi connectivity index (χ3v) is 5.29. The number of ether oxygens (including phenoxy) is 1. The van der Waals surface area contributed by atoms with Crippen molar-refractivity contribution in [3.8, 4) is 6.07 Å². The van der Waals surface area contributed by atoms with Crippen molar-refractivity contribution < 1.29 is 13.9 Å². The fourth-order valence-electron chi connectivity index (χ4n) is 3.79. The summed E-state index contributed by atoms with van der Waals surface area (Å²) in [5.41, 5.74) is 3.13. The van der Waals surface area contributed by atoms with Gasteiger partial charge in [0.15, 0.2) is 0 Å². The first-order valence-corrected chi connectivity index (χ1v) is 9.77. The topological polar surface area (TPSA) is 81.7 Å². The largest absolute Gasteiger partial charge is 0.458 e. The average molecular weight is 380 g/mol. The molecule has 28 heavy (non-hydrogen) atoms. The van der Waals surface area contributed by atoms with Crippen LogP contribution in [0.15, 0.2) is 34.9 Å². The van der Waals surface area contributed by atoms with Gasteiger partial charge in [-0.05, 0) is 43.5 Å². The molecule has 0 spiro atoms. The molecule has 0 bridgehead atoms. The third-order valence-electron chi connectivity index (χ3n) is 5.29. The van der Waals surface area contributed by atoms with Crippen LogP contribution in [0.4, 0.5) is 17.1 Å². The number of carbonyl (C=O) groups excluding carboxylic acids is 1. The Morgan fingerprint density at radius 3 is 2.57 bits per heavy atom. The number of hydrogen-bond acceptors (Lipinski definition) is 6. The summed E-state index contributed by atoms with van der Waals surface area (Å²) in [6, 6.07) is 9.62. The van der Waals surface area contributed by atoms with Gasteiger partial charge in [-0.2, -0.15) is 5.26 Å². The summed E-state index contributed by atoms with van der Waals surface area (Å²) in [6.45, 7) is 5.13. The number of nitrogens with zero attached hydrogens (tertiary/aromatic N) is 3. The maximum Gasteiger partial charge on any atom is 0.292 e. The minimum Gasteiger partial charge on any atom is -0.458 e. The van der Waals surface area contributed by atoms with Gasteiger partial charge in [0.05, 0.1) is 30.9 Å². The molecule has 2 fully saturated rings. The summed E-state index contributed by atoms with van der Waals surface area (Å²) in [7, 11) is 0. The summed E-state index contributed by atoms with van der Waals surface area (Å²) < 4.78 is 10.7. The number of hydrogen-bond donors (Lipinski definition) is 1. The monoisotopic (exact) mass is 380 g/mol. The van der Waals surface area contributed by atoms with Crippen molar-refractivity contribution in [1.82, 2.24) is 0 Å². The van der Waals surface area contributed by atoms with E-state index in [1.165, 1.54) is 18.8 Å². The highest BCUT2D eigenvalue weighted by molar-refractivity contribution is 6.05. The molecule has 7 heteroatoms. The Morgan fingerprint density at radius 1 is 1.04 bits per heavy atom. The van der Waals surface area contributed by atoms with Gasteiger partial charge in [0.25, 0.3) is 5.91 Å². The van der Waals surface area contributed by atoms with Crippen LogP contribution in [0.1, 0.15) is 35.4 Å². The van der Waals surface area contributed by atoms with Crippen molar-refractivity contribution in [3.05, 3.63) is 41.9 Å². The van der Waals surface area contributed by atoms with Crippen LogP contribution >= 0.6 is 0 Å². The van der Waals surface area contributed by atoms with Crippen molar-refractivity contribution in [2.24, 2.45) is 0 Å². The van der Waals surface area contributed by atoms with Crippen LogP contribution in [-0.4, -0.2) is 45.3 Å². The van der Waals surface area contributed by atoms with Crippen molar-refractivity contribution in [2.75, 3.05) is 54.5 Å². The molecule has 1 N–H and O–H groups in total. The Hall–Kier alpha value is -2.98. The lowest BCUT2D eigenvalue weighted by Crippen LogP contribution is -2.36. The fraction of sp³-hybridized carbons (Fsp3) is 0.429. The summed E-state index contributed by atoms with van der Waals surface area (Å²) in [6.07, 6.45) is 4.89. The number of carbonyl (C=O) groups is 1. The van der Waals surface area contributed by atoms with Gasteiger partial charge in [-0.25, -0.2) is 0 Å². The number of benzene rings is 1. The molecule has 2 aromatic rings. The molecule has 1 aromatic carbocycles. The Labute approximate surface area is 164 Å². The lowest BCUT2D eigenvalue weighted by atomic mass is 10.1. The zero-order valence-corrected chi connectivity index (χ0v) is 15.8. The standard InChI is InChI=1S/C21H24N4O3/c22-15-16-6-11-28-20(16)21(26)23-18-5-4-17(24-9-12-27-13-10-24)14-19(18)25-7-2-1-3-8-25/h4-6,11,14H,1-3,7-10,12-13H2,(H,23,26). The number of rotatable bonds is 4. The maximum absolute atomic E-state index is 12.7. The predicted octanol–water partition coefficient (Wildman–Crippen LogP) is 3.23. The van der Waals surface area contributed by atoms with Crippen LogP contribution in [-0.2, 0) is 4.74 Å². The second-order valence-electron chi connectivity index (χ2n) is 7.08. The Morgan fingerprint density at radius 2 is 1.82 bits per heavy atom. The zero-order valence-electron chi connectivity index (χ0n) is 15.8. The minimum atomic E-state index is -0.404. The van der Waals surface area contributed by atoms with E-state index in [1.807, 2.05) is 18.2 Å². The maximum atomic E-state index is 12.7. The first-order chi connectivity index (χ1) is 13.8. The summed E-state index contributed by atoms with van der Waals surface area (Å²) in [4.78, 5) is 17.3. The van der Waals surface area contributed by atoms with Crippen LogP contribution in [0, 0.1) is 11.3 Å². The normalized spacial score (nSPS) is 17.2. The molecule has 7 nitrogen and oxygen atoms in total. The van der Waals surface area contributed by atoms with Gasteiger partial charge in [0, 0.05) is 31.9 Å². The molecular formula is C21H24N4O3. The number of furan rings is 1. The molecule has 0 unspecified atom stereocenters. The number of nitriles is 1. The molecule has 4 rings (SSSR count). The van der Waals surface area contributed by atoms with E-state index in [2.05, 4.69) is 21.2 Å². The smallest absolute Gasteiger partial charge is 0.292 e. The van der Waals surface area contributed by atoms with Gasteiger partial charge in [0.2, 0.25) is 5.76 Å². The van der Waals surface area contributed by atoms with E-state index >= 15 is 0 Å². The van der Waals surface area contributed by atoms with Crippen molar-refractivity contribution in [3.63, 3.8) is 0 Å². The van der Waals surface area contributed by atoms with E-state index in [0.717, 1.165) is 69.3 Å². The molecule has 146 valence electrons. The molecule has 2 aliphatic rings. The number of morpholine rings is 1. The minimum absolute atomic E-state index is 0.0457. The molecule has 1 aromatic heterocycles. The molecule has 3 heterocycles. The first-order valence-electron chi connectivity index (χ1n) is 9.77. The van der Waals surface area contributed by atoms with Gasteiger partial charge in [0.1, 0.15) is 11.6 Å². The Balaban J connectivity index is 1.63. The SMILES string of the molecule is N#Cc1ccoc1C(=O)Nc1ccc(N2CCOCC2)cc1N1CCCCC1. The van der Waals surface area contributed by atoms with Gasteiger partial charge in [-0.1, -0.05) is 0 Å². The third kappa shape index (κ3) is 3.82.